The zero-order valence-electron chi connectivity index (χ0n) is 47.9. The lowest BCUT2D eigenvalue weighted by atomic mass is 10.0. The number of fused-ring (bicyclic) bond motifs is 19. The fourth-order valence-electron chi connectivity index (χ4n) is 14.6. The van der Waals surface area contributed by atoms with Gasteiger partial charge in [-0.2, -0.15) is 0 Å². The highest BCUT2D eigenvalue weighted by molar-refractivity contribution is 6.40. The summed E-state index contributed by atoms with van der Waals surface area (Å²) in [4.78, 5) is 16.3. The Morgan fingerprint density at radius 1 is 0.180 bits per heavy atom. The third-order valence-corrected chi connectivity index (χ3v) is 18.2. The van der Waals surface area contributed by atoms with Gasteiger partial charge < -0.3 is 22.8 Å². The van der Waals surface area contributed by atoms with E-state index in [1.165, 1.54) is 21.5 Å². The topological polar surface area (TPSA) is 63.3 Å². The molecule has 0 amide bonds. The Morgan fingerprint density at radius 2 is 0.438 bits per heavy atom. The average molecular weight is 1140 g/mol. The molecule has 8 heteroatoms. The molecule has 0 radical (unpaired) electrons. The van der Waals surface area contributed by atoms with Gasteiger partial charge in [0.05, 0.1) is 55.2 Å². The van der Waals surface area contributed by atoms with E-state index in [0.717, 1.165) is 133 Å². The van der Waals surface area contributed by atoms with Crippen LogP contribution in [0.1, 0.15) is 0 Å². The number of benzene rings is 13. The molecule has 414 valence electrons. The molecule has 8 nitrogen and oxygen atoms in total. The molecule has 0 atom stereocenters. The van der Waals surface area contributed by atoms with Gasteiger partial charge in [-0.25, -0.2) is 15.0 Å². The first-order valence-electron chi connectivity index (χ1n) is 30.3. The summed E-state index contributed by atoms with van der Waals surface area (Å²) in [5.74, 6) is 1.75. The van der Waals surface area contributed by atoms with Crippen LogP contribution in [-0.2, 0) is 0 Å². The van der Waals surface area contributed by atoms with E-state index in [2.05, 4.69) is 290 Å². The summed E-state index contributed by atoms with van der Waals surface area (Å²) < 4.78 is 12.5. The van der Waals surface area contributed by atoms with Crippen molar-refractivity contribution < 1.29 is 0 Å². The molecule has 0 aliphatic rings. The van der Waals surface area contributed by atoms with E-state index >= 15 is 0 Å². The molecule has 0 aliphatic carbocycles. The normalized spacial score (nSPS) is 12.0. The second kappa shape index (κ2) is 19.2. The molecule has 6 aromatic heterocycles. The van der Waals surface area contributed by atoms with Crippen LogP contribution in [0, 0.1) is 0 Å². The Morgan fingerprint density at radius 3 is 0.798 bits per heavy atom. The fourth-order valence-corrected chi connectivity index (χ4v) is 14.6. The first kappa shape index (κ1) is 49.2. The highest BCUT2D eigenvalue weighted by Crippen LogP contribution is 2.51. The maximum atomic E-state index is 5.51. The van der Waals surface area contributed by atoms with Gasteiger partial charge in [0, 0.05) is 99.0 Å². The van der Waals surface area contributed by atoms with Crippen LogP contribution in [-0.4, -0.2) is 37.8 Å². The zero-order valence-corrected chi connectivity index (χ0v) is 47.9. The van der Waals surface area contributed by atoms with Crippen molar-refractivity contribution in [3.05, 3.63) is 303 Å². The summed E-state index contributed by atoms with van der Waals surface area (Å²) in [6, 6.07) is 109. The van der Waals surface area contributed by atoms with Crippen LogP contribution in [0.15, 0.2) is 303 Å². The van der Waals surface area contributed by atoms with E-state index in [1.54, 1.807) is 0 Å². The predicted molar refractivity (Wildman–Crippen MR) is 368 cm³/mol. The molecular formula is C81H50N8. The monoisotopic (exact) mass is 1130 g/mol. The quantitative estimate of drug-likeness (QED) is 0.152. The van der Waals surface area contributed by atoms with Crippen LogP contribution in [0.5, 0.6) is 0 Å². The van der Waals surface area contributed by atoms with Gasteiger partial charge in [-0.3, -0.25) is 0 Å². The Hall–Kier alpha value is -12.1. The number of hydrogen-bond donors (Lipinski definition) is 0. The first-order valence-corrected chi connectivity index (χ1v) is 30.3. The van der Waals surface area contributed by atoms with Gasteiger partial charge in [0.2, 0.25) is 0 Å². The molecule has 19 aromatic rings. The minimum atomic E-state index is 0.559. The second-order valence-electron chi connectivity index (χ2n) is 23.1. The SMILES string of the molecule is c1ccc(-c2nc(-c3ccccc3)nc(-c3cc(-n4c5ccccc5c5c6c(c7ccccc7n6-c6ccccc6)c6c(c7ccccc7n6-c6ccccc6)c54)cc(-n4c5ccccc5c5ccc6c7ccccc7n(-c7ccccc7)c6c54)c3)n2)cc1. The average Bonchev–Trinajstić information content (AvgIpc) is 1.53. The van der Waals surface area contributed by atoms with Crippen molar-refractivity contribution in [2.24, 2.45) is 0 Å². The largest absolute Gasteiger partial charge is 0.308 e. The molecule has 6 heterocycles. The van der Waals surface area contributed by atoms with E-state index in [0.29, 0.717) is 17.5 Å². The Kier molecular flexibility index (Phi) is 10.6. The molecule has 0 fully saturated rings. The third-order valence-electron chi connectivity index (χ3n) is 18.2. The van der Waals surface area contributed by atoms with Gasteiger partial charge in [0.15, 0.2) is 17.5 Å². The highest BCUT2D eigenvalue weighted by atomic mass is 15.1. The number of nitrogens with zero attached hydrogens (tertiary/aromatic N) is 8. The highest BCUT2D eigenvalue weighted by Gasteiger charge is 2.30. The minimum Gasteiger partial charge on any atom is -0.308 e. The van der Waals surface area contributed by atoms with Crippen molar-refractivity contribution in [3.63, 3.8) is 0 Å². The smallest absolute Gasteiger partial charge is 0.164 e. The van der Waals surface area contributed by atoms with Crippen molar-refractivity contribution in [1.29, 1.82) is 0 Å². The molecule has 0 saturated carbocycles. The maximum absolute atomic E-state index is 5.51. The van der Waals surface area contributed by atoms with E-state index < -0.39 is 0 Å². The molecule has 13 aromatic carbocycles. The number of rotatable bonds is 8. The van der Waals surface area contributed by atoms with Gasteiger partial charge in [-0.05, 0) is 84.9 Å². The molecule has 0 bridgehead atoms. The standard InChI is InChI=1S/C81H50N8/c1-6-26-51(27-7-1)79-82-80(52-28-8-2-9-29-52)84-81(83-79)53-48-57(88-67-42-22-17-37-60(67)62-47-46-61-59-36-16-21-41-66(59)85(74(61)75(62)88)54-30-10-3-11-31-54)50-58(49-53)89-70-45-25-20-40-65(70)73-77-71(63-38-18-23-43-68(63)86(77)55-32-12-4-13-33-55)76-72(78(73)89)64-39-19-24-44-69(64)87(76)56-34-14-5-15-35-56/h1-50H. The maximum Gasteiger partial charge on any atom is 0.164 e. The van der Waals surface area contributed by atoms with Crippen LogP contribution in [0.3, 0.4) is 0 Å². The van der Waals surface area contributed by atoms with E-state index in [9.17, 15) is 0 Å². The molecule has 0 unspecified atom stereocenters. The Bertz CT molecular complexity index is 5940. The predicted octanol–water partition coefficient (Wildman–Crippen LogP) is 20.4. The minimum absolute atomic E-state index is 0.559. The summed E-state index contributed by atoms with van der Waals surface area (Å²) in [5.41, 5.74) is 19.0. The zero-order chi connectivity index (χ0) is 58.3. The fraction of sp³-hybridized carbons (Fsp3) is 0. The van der Waals surface area contributed by atoms with Gasteiger partial charge in [-0.1, -0.05) is 218 Å². The van der Waals surface area contributed by atoms with Gasteiger partial charge in [-0.15, -0.1) is 0 Å². The molecule has 0 spiro atoms. The van der Waals surface area contributed by atoms with Gasteiger partial charge in [0.1, 0.15) is 0 Å². The van der Waals surface area contributed by atoms with Crippen LogP contribution in [0.4, 0.5) is 0 Å². The van der Waals surface area contributed by atoms with Crippen molar-refractivity contribution >= 4 is 109 Å². The third kappa shape index (κ3) is 7.20. The van der Waals surface area contributed by atoms with Crippen LogP contribution >= 0.6 is 0 Å². The lowest BCUT2D eigenvalue weighted by Crippen LogP contribution is -2.04. The summed E-state index contributed by atoms with van der Waals surface area (Å²) in [5, 5.41) is 11.7. The van der Waals surface area contributed by atoms with Gasteiger partial charge in [0.25, 0.3) is 0 Å². The lowest BCUT2D eigenvalue weighted by molar-refractivity contribution is 1.07. The van der Waals surface area contributed by atoms with Crippen LogP contribution in [0.2, 0.25) is 0 Å². The first-order chi connectivity index (χ1) is 44.2. The van der Waals surface area contributed by atoms with Crippen molar-refractivity contribution in [1.82, 2.24) is 37.8 Å². The number of hydrogen-bond acceptors (Lipinski definition) is 3. The van der Waals surface area contributed by atoms with E-state index in [1.807, 2.05) is 36.4 Å². The van der Waals surface area contributed by atoms with Gasteiger partial charge >= 0.3 is 0 Å². The van der Waals surface area contributed by atoms with Crippen molar-refractivity contribution in [3.8, 4) is 62.6 Å². The number of aromatic nitrogens is 8. The molecule has 0 N–H and O–H groups in total. The summed E-state index contributed by atoms with van der Waals surface area (Å²) in [6.07, 6.45) is 0. The molecule has 19 rings (SSSR count). The number of para-hydroxylation sites is 8. The molecule has 89 heavy (non-hydrogen) atoms. The molecular weight excluding hydrogens is 1080 g/mol. The summed E-state index contributed by atoms with van der Waals surface area (Å²) in [7, 11) is 0. The summed E-state index contributed by atoms with van der Waals surface area (Å²) in [6.45, 7) is 0. The molecule has 0 aliphatic heterocycles. The van der Waals surface area contributed by atoms with Crippen LogP contribution in [0.25, 0.3) is 172 Å². The Labute approximate surface area is 509 Å². The van der Waals surface area contributed by atoms with E-state index in [-0.39, 0.29) is 0 Å². The second-order valence-corrected chi connectivity index (χ2v) is 23.1. The van der Waals surface area contributed by atoms with Crippen molar-refractivity contribution in [2.45, 2.75) is 0 Å². The van der Waals surface area contributed by atoms with E-state index in [4.69, 9.17) is 15.0 Å². The van der Waals surface area contributed by atoms with Crippen molar-refractivity contribution in [2.75, 3.05) is 0 Å². The summed E-state index contributed by atoms with van der Waals surface area (Å²) >= 11 is 0. The lowest BCUT2D eigenvalue weighted by Gasteiger charge is -2.17. The van der Waals surface area contributed by atoms with Crippen LogP contribution < -0.4 is 0 Å². The molecule has 0 saturated heterocycles. The Balaban J connectivity index is 1.04.